The molecular weight excluding hydrogens is 167 g/mol. The minimum Gasteiger partial charge on any atom is -0.396 e. The number of nitrogens with one attached hydrogen (secondary N) is 1. The molecule has 1 atom stereocenters. The Kier molecular flexibility index (Phi) is 1.96. The van der Waals surface area contributed by atoms with Crippen LogP contribution in [0.4, 0.5) is 10.1 Å². The number of halogens is 1. The van der Waals surface area contributed by atoms with Crippen LogP contribution in [0.2, 0.25) is 0 Å². The lowest BCUT2D eigenvalue weighted by Crippen LogP contribution is -2.28. The molecule has 0 fully saturated rings. The molecule has 1 unspecified atom stereocenters. The van der Waals surface area contributed by atoms with Crippen molar-refractivity contribution >= 4 is 5.69 Å². The smallest absolute Gasteiger partial charge is 0.146 e. The average Bonchev–Trinajstić information content (AvgIpc) is 2.12. The van der Waals surface area contributed by atoms with E-state index in [1.165, 1.54) is 11.6 Å². The van der Waals surface area contributed by atoms with E-state index in [1.807, 2.05) is 13.0 Å². The van der Waals surface area contributed by atoms with Gasteiger partial charge in [0.15, 0.2) is 0 Å². The molecular formula is C10H13FN2. The van der Waals surface area contributed by atoms with Gasteiger partial charge in [-0.3, -0.25) is 0 Å². The van der Waals surface area contributed by atoms with Crippen LogP contribution in [-0.2, 0) is 6.42 Å². The van der Waals surface area contributed by atoms with Gasteiger partial charge in [-0.05, 0) is 37.1 Å². The molecule has 2 nitrogen and oxygen atoms in total. The van der Waals surface area contributed by atoms with Crippen molar-refractivity contribution in [1.29, 1.82) is 0 Å². The average molecular weight is 180 g/mol. The van der Waals surface area contributed by atoms with E-state index in [-0.39, 0.29) is 11.9 Å². The van der Waals surface area contributed by atoms with Crippen LogP contribution in [-0.4, -0.2) is 6.54 Å². The topological polar surface area (TPSA) is 38.0 Å². The standard InChI is InChI=1S/C10H13FN2/c1-6-9-7(4-5-13-6)2-3-8(11)10(9)12/h2-3,6,13H,4-5,12H2,1H3. The van der Waals surface area contributed by atoms with Gasteiger partial charge in [-0.2, -0.15) is 0 Å². The molecule has 0 radical (unpaired) electrons. The summed E-state index contributed by atoms with van der Waals surface area (Å²) in [5, 5.41) is 3.26. The lowest BCUT2D eigenvalue weighted by molar-refractivity contribution is 0.535. The summed E-state index contributed by atoms with van der Waals surface area (Å²) in [5.41, 5.74) is 8.09. The number of nitrogens with two attached hydrogens (primary N) is 1. The molecule has 3 heteroatoms. The van der Waals surface area contributed by atoms with Crippen molar-refractivity contribution in [3.63, 3.8) is 0 Å². The largest absolute Gasteiger partial charge is 0.396 e. The third-order valence-corrected chi connectivity index (χ3v) is 2.60. The molecule has 3 N–H and O–H groups in total. The summed E-state index contributed by atoms with van der Waals surface area (Å²) in [6.07, 6.45) is 0.935. The van der Waals surface area contributed by atoms with Crippen molar-refractivity contribution in [2.45, 2.75) is 19.4 Å². The predicted molar refractivity (Wildman–Crippen MR) is 50.9 cm³/mol. The van der Waals surface area contributed by atoms with Crippen LogP contribution in [0.25, 0.3) is 0 Å². The van der Waals surface area contributed by atoms with Crippen molar-refractivity contribution < 1.29 is 4.39 Å². The number of benzene rings is 1. The Morgan fingerprint density at radius 3 is 3.08 bits per heavy atom. The second kappa shape index (κ2) is 3.00. The second-order valence-electron chi connectivity index (χ2n) is 3.46. The number of rotatable bonds is 0. The molecule has 1 aromatic rings. The maximum absolute atomic E-state index is 13.1. The quantitative estimate of drug-likeness (QED) is 0.595. The second-order valence-corrected chi connectivity index (χ2v) is 3.46. The van der Waals surface area contributed by atoms with Gasteiger partial charge in [-0.25, -0.2) is 4.39 Å². The monoisotopic (exact) mass is 180 g/mol. The van der Waals surface area contributed by atoms with E-state index in [1.54, 1.807) is 0 Å². The molecule has 0 aromatic heterocycles. The van der Waals surface area contributed by atoms with Crippen LogP contribution in [0, 0.1) is 5.82 Å². The van der Waals surface area contributed by atoms with Gasteiger partial charge in [0.2, 0.25) is 0 Å². The lowest BCUT2D eigenvalue weighted by Gasteiger charge is -2.25. The molecule has 0 bridgehead atoms. The molecule has 13 heavy (non-hydrogen) atoms. The van der Waals surface area contributed by atoms with Crippen LogP contribution in [0.1, 0.15) is 24.1 Å². The van der Waals surface area contributed by atoms with E-state index < -0.39 is 0 Å². The summed E-state index contributed by atoms with van der Waals surface area (Å²) in [4.78, 5) is 0. The van der Waals surface area contributed by atoms with Gasteiger partial charge in [0.05, 0.1) is 5.69 Å². The van der Waals surface area contributed by atoms with E-state index in [0.717, 1.165) is 18.5 Å². The Hall–Kier alpha value is -1.09. The number of anilines is 1. The van der Waals surface area contributed by atoms with Gasteiger partial charge < -0.3 is 11.1 Å². The maximum atomic E-state index is 13.1. The molecule has 0 spiro atoms. The van der Waals surface area contributed by atoms with Crippen molar-refractivity contribution in [2.75, 3.05) is 12.3 Å². The normalized spacial score (nSPS) is 21.2. The molecule has 1 aromatic carbocycles. The van der Waals surface area contributed by atoms with Crippen molar-refractivity contribution in [1.82, 2.24) is 5.32 Å². The zero-order valence-corrected chi connectivity index (χ0v) is 7.60. The summed E-state index contributed by atoms with van der Waals surface area (Å²) in [7, 11) is 0. The number of nitrogen functional groups attached to an aromatic ring is 1. The summed E-state index contributed by atoms with van der Waals surface area (Å²) in [5.74, 6) is -0.311. The third-order valence-electron chi connectivity index (χ3n) is 2.60. The molecule has 0 aliphatic carbocycles. The van der Waals surface area contributed by atoms with E-state index in [9.17, 15) is 4.39 Å². The molecule has 70 valence electrons. The Balaban J connectivity index is 2.58. The first-order chi connectivity index (χ1) is 6.20. The fourth-order valence-corrected chi connectivity index (χ4v) is 1.91. The third kappa shape index (κ3) is 1.29. The summed E-state index contributed by atoms with van der Waals surface area (Å²) in [6.45, 7) is 2.95. The molecule has 1 aliphatic heterocycles. The van der Waals surface area contributed by atoms with Crippen LogP contribution in [0.3, 0.4) is 0 Å². The highest BCUT2D eigenvalue weighted by molar-refractivity contribution is 5.54. The predicted octanol–water partition coefficient (Wildman–Crippen LogP) is 1.61. The van der Waals surface area contributed by atoms with Crippen LogP contribution >= 0.6 is 0 Å². The molecule has 0 amide bonds. The van der Waals surface area contributed by atoms with Crippen LogP contribution < -0.4 is 11.1 Å². The van der Waals surface area contributed by atoms with Gasteiger partial charge >= 0.3 is 0 Å². The van der Waals surface area contributed by atoms with Crippen LogP contribution in [0.15, 0.2) is 12.1 Å². The van der Waals surface area contributed by atoms with Crippen LogP contribution in [0.5, 0.6) is 0 Å². The lowest BCUT2D eigenvalue weighted by atomic mass is 9.93. The van der Waals surface area contributed by atoms with Gasteiger partial charge in [-0.1, -0.05) is 6.07 Å². The minimum atomic E-state index is -0.311. The zero-order valence-electron chi connectivity index (χ0n) is 7.60. The van der Waals surface area contributed by atoms with Gasteiger partial charge in [-0.15, -0.1) is 0 Å². The Bertz CT molecular complexity index is 336. The Morgan fingerprint density at radius 1 is 1.54 bits per heavy atom. The molecule has 1 heterocycles. The Morgan fingerprint density at radius 2 is 2.31 bits per heavy atom. The highest BCUT2D eigenvalue weighted by Crippen LogP contribution is 2.29. The summed E-state index contributed by atoms with van der Waals surface area (Å²) >= 11 is 0. The first-order valence-corrected chi connectivity index (χ1v) is 4.50. The van der Waals surface area contributed by atoms with E-state index in [0.29, 0.717) is 5.69 Å². The first kappa shape index (κ1) is 8.51. The zero-order chi connectivity index (χ0) is 9.42. The van der Waals surface area contributed by atoms with Gasteiger partial charge in [0.1, 0.15) is 5.82 Å². The number of hydrogen-bond acceptors (Lipinski definition) is 2. The highest BCUT2D eigenvalue weighted by Gasteiger charge is 2.19. The Labute approximate surface area is 76.9 Å². The van der Waals surface area contributed by atoms with E-state index in [4.69, 9.17) is 5.73 Å². The summed E-state index contributed by atoms with van der Waals surface area (Å²) < 4.78 is 13.1. The highest BCUT2D eigenvalue weighted by atomic mass is 19.1. The molecule has 0 saturated carbocycles. The SMILES string of the molecule is CC1NCCc2ccc(F)c(N)c21. The fourth-order valence-electron chi connectivity index (χ4n) is 1.91. The number of hydrogen-bond donors (Lipinski definition) is 2. The molecule has 0 saturated heterocycles. The minimum absolute atomic E-state index is 0.166. The maximum Gasteiger partial charge on any atom is 0.146 e. The fraction of sp³-hybridized carbons (Fsp3) is 0.400. The number of fused-ring (bicyclic) bond motifs is 1. The first-order valence-electron chi connectivity index (χ1n) is 4.50. The van der Waals surface area contributed by atoms with Crippen molar-refractivity contribution in [2.24, 2.45) is 0 Å². The molecule has 1 aliphatic rings. The van der Waals surface area contributed by atoms with Gasteiger partial charge in [0.25, 0.3) is 0 Å². The van der Waals surface area contributed by atoms with Crippen molar-refractivity contribution in [3.8, 4) is 0 Å². The van der Waals surface area contributed by atoms with E-state index in [2.05, 4.69) is 5.32 Å². The summed E-state index contributed by atoms with van der Waals surface area (Å²) in [6, 6.07) is 3.45. The van der Waals surface area contributed by atoms with Gasteiger partial charge in [0, 0.05) is 6.04 Å². The van der Waals surface area contributed by atoms with Crippen molar-refractivity contribution in [3.05, 3.63) is 29.1 Å². The molecule has 2 rings (SSSR count). The van der Waals surface area contributed by atoms with E-state index >= 15 is 0 Å².